The average Bonchev–Trinajstić information content (AvgIpc) is 2.94. The molecule has 110 valence electrons. The lowest BCUT2D eigenvalue weighted by Gasteiger charge is -2.17. The van der Waals surface area contributed by atoms with Gasteiger partial charge in [0.1, 0.15) is 6.54 Å². The number of likely N-dealkylation sites (N-methyl/N-ethyl adjacent to an activating group) is 1. The number of amides is 2. The van der Waals surface area contributed by atoms with Gasteiger partial charge < -0.3 is 14.8 Å². The predicted octanol–water partition coefficient (Wildman–Crippen LogP) is 1.63. The number of carbonyl (C=O) groups is 2. The van der Waals surface area contributed by atoms with Crippen molar-refractivity contribution >= 4 is 29.1 Å². The number of rotatable bonds is 5. The van der Waals surface area contributed by atoms with E-state index in [1.807, 2.05) is 0 Å². The number of imidazole rings is 1. The third-order valence-corrected chi connectivity index (χ3v) is 3.06. The summed E-state index contributed by atoms with van der Waals surface area (Å²) in [6, 6.07) is 6.78. The van der Waals surface area contributed by atoms with Crippen LogP contribution in [0.2, 0.25) is 5.02 Å². The van der Waals surface area contributed by atoms with Crippen LogP contribution in [-0.2, 0) is 16.1 Å². The highest BCUT2D eigenvalue weighted by Crippen LogP contribution is 2.13. The summed E-state index contributed by atoms with van der Waals surface area (Å²) in [5.74, 6) is -0.432. The highest BCUT2D eigenvalue weighted by molar-refractivity contribution is 6.30. The van der Waals surface area contributed by atoms with E-state index in [2.05, 4.69) is 10.3 Å². The van der Waals surface area contributed by atoms with Gasteiger partial charge in [0.2, 0.25) is 11.8 Å². The number of benzene rings is 1. The second kappa shape index (κ2) is 6.90. The molecule has 7 heteroatoms. The summed E-state index contributed by atoms with van der Waals surface area (Å²) in [6.07, 6.45) is 4.85. The summed E-state index contributed by atoms with van der Waals surface area (Å²) in [7, 11) is 1.58. The van der Waals surface area contributed by atoms with Crippen LogP contribution in [0.5, 0.6) is 0 Å². The normalized spacial score (nSPS) is 10.2. The lowest BCUT2D eigenvalue weighted by Crippen LogP contribution is -2.36. The molecule has 0 aliphatic carbocycles. The summed E-state index contributed by atoms with van der Waals surface area (Å²) < 4.78 is 1.65. The summed E-state index contributed by atoms with van der Waals surface area (Å²) in [5, 5.41) is 3.30. The highest BCUT2D eigenvalue weighted by Gasteiger charge is 2.13. The average molecular weight is 307 g/mol. The predicted molar refractivity (Wildman–Crippen MR) is 79.9 cm³/mol. The fourth-order valence-electron chi connectivity index (χ4n) is 1.69. The van der Waals surface area contributed by atoms with Gasteiger partial charge in [-0.2, -0.15) is 0 Å². The molecule has 2 aromatic rings. The van der Waals surface area contributed by atoms with Crippen LogP contribution < -0.4 is 5.32 Å². The molecule has 1 aromatic carbocycles. The molecule has 2 rings (SSSR count). The Morgan fingerprint density at radius 3 is 2.67 bits per heavy atom. The van der Waals surface area contributed by atoms with Crippen LogP contribution in [0.25, 0.3) is 0 Å². The van der Waals surface area contributed by atoms with Gasteiger partial charge in [-0.25, -0.2) is 4.98 Å². The van der Waals surface area contributed by atoms with Crippen LogP contribution in [0.15, 0.2) is 43.0 Å². The van der Waals surface area contributed by atoms with Crippen molar-refractivity contribution in [1.82, 2.24) is 14.5 Å². The van der Waals surface area contributed by atoms with Gasteiger partial charge in [0, 0.05) is 30.2 Å². The molecular formula is C14H15ClN4O2. The summed E-state index contributed by atoms with van der Waals surface area (Å²) in [6.45, 7) is 0.140. The van der Waals surface area contributed by atoms with Crippen LogP contribution in [-0.4, -0.2) is 39.9 Å². The molecule has 6 nitrogen and oxygen atoms in total. The Labute approximate surface area is 127 Å². The number of hydrogen-bond acceptors (Lipinski definition) is 3. The molecular weight excluding hydrogens is 292 g/mol. The van der Waals surface area contributed by atoms with E-state index in [9.17, 15) is 9.59 Å². The van der Waals surface area contributed by atoms with Crippen molar-refractivity contribution in [2.75, 3.05) is 18.9 Å². The van der Waals surface area contributed by atoms with Crippen molar-refractivity contribution in [3.8, 4) is 0 Å². The topological polar surface area (TPSA) is 67.2 Å². The molecule has 0 spiro atoms. The lowest BCUT2D eigenvalue weighted by atomic mass is 10.3. The number of anilines is 1. The van der Waals surface area contributed by atoms with Gasteiger partial charge in [-0.05, 0) is 24.3 Å². The van der Waals surface area contributed by atoms with Crippen molar-refractivity contribution in [1.29, 1.82) is 0 Å². The third kappa shape index (κ3) is 4.61. The van der Waals surface area contributed by atoms with Crippen LogP contribution in [0, 0.1) is 0 Å². The molecule has 1 N–H and O–H groups in total. The first-order chi connectivity index (χ1) is 10.0. The number of hydrogen-bond donors (Lipinski definition) is 1. The number of halogens is 1. The van der Waals surface area contributed by atoms with E-state index >= 15 is 0 Å². The number of aromatic nitrogens is 2. The van der Waals surface area contributed by atoms with Gasteiger partial charge in [-0.1, -0.05) is 11.6 Å². The third-order valence-electron chi connectivity index (χ3n) is 2.81. The summed E-state index contributed by atoms with van der Waals surface area (Å²) in [4.78, 5) is 29.0. The Kier molecular flexibility index (Phi) is 4.94. The Morgan fingerprint density at radius 2 is 2.05 bits per heavy atom. The molecule has 1 heterocycles. The van der Waals surface area contributed by atoms with Crippen LogP contribution >= 0.6 is 11.6 Å². The molecule has 0 radical (unpaired) electrons. The number of nitrogens with one attached hydrogen (secondary N) is 1. The quantitative estimate of drug-likeness (QED) is 0.913. The monoisotopic (exact) mass is 306 g/mol. The number of nitrogens with zero attached hydrogens (tertiary/aromatic N) is 3. The van der Waals surface area contributed by atoms with Crippen LogP contribution in [0.3, 0.4) is 0 Å². The second-order valence-corrected chi connectivity index (χ2v) is 4.98. The van der Waals surface area contributed by atoms with Crippen molar-refractivity contribution < 1.29 is 9.59 Å². The molecule has 2 amide bonds. The Hall–Kier alpha value is -2.34. The van der Waals surface area contributed by atoms with Gasteiger partial charge in [0.05, 0.1) is 12.9 Å². The van der Waals surface area contributed by atoms with Crippen molar-refractivity contribution in [2.45, 2.75) is 6.54 Å². The molecule has 0 aliphatic rings. The summed E-state index contributed by atoms with van der Waals surface area (Å²) >= 11 is 5.77. The molecule has 0 fully saturated rings. The molecule has 0 saturated carbocycles. The SMILES string of the molecule is CN(CC(=O)Nc1ccc(Cl)cc1)C(=O)Cn1ccnc1. The zero-order valence-corrected chi connectivity index (χ0v) is 12.2. The first kappa shape index (κ1) is 15.1. The molecule has 0 saturated heterocycles. The maximum atomic E-state index is 11.9. The maximum Gasteiger partial charge on any atom is 0.243 e. The van der Waals surface area contributed by atoms with E-state index in [4.69, 9.17) is 11.6 Å². The zero-order chi connectivity index (χ0) is 15.2. The molecule has 1 aromatic heterocycles. The molecule has 0 bridgehead atoms. The number of carbonyl (C=O) groups excluding carboxylic acids is 2. The first-order valence-corrected chi connectivity index (χ1v) is 6.67. The standard InChI is InChI=1S/C14H15ClN4O2/c1-18(14(21)9-19-7-6-16-10-19)8-13(20)17-12-4-2-11(15)3-5-12/h2-7,10H,8-9H2,1H3,(H,17,20). The van der Waals surface area contributed by atoms with Gasteiger partial charge >= 0.3 is 0 Å². The van der Waals surface area contributed by atoms with Gasteiger partial charge in [-0.3, -0.25) is 9.59 Å². The summed E-state index contributed by atoms with van der Waals surface area (Å²) in [5.41, 5.74) is 0.639. The van der Waals surface area contributed by atoms with Gasteiger partial charge in [0.25, 0.3) is 0 Å². The highest BCUT2D eigenvalue weighted by atomic mass is 35.5. The fraction of sp³-hybridized carbons (Fsp3) is 0.214. The maximum absolute atomic E-state index is 11.9. The molecule has 0 aliphatic heterocycles. The van der Waals surface area contributed by atoms with Gasteiger partial charge in [0.15, 0.2) is 0 Å². The Bertz CT molecular complexity index is 610. The van der Waals surface area contributed by atoms with E-state index < -0.39 is 0 Å². The minimum absolute atomic E-state index is 0.0177. The van der Waals surface area contributed by atoms with Crippen molar-refractivity contribution in [3.05, 3.63) is 48.0 Å². The van der Waals surface area contributed by atoms with Crippen LogP contribution in [0.4, 0.5) is 5.69 Å². The Balaban J connectivity index is 1.84. The van der Waals surface area contributed by atoms with Crippen molar-refractivity contribution in [2.24, 2.45) is 0 Å². The molecule has 0 unspecified atom stereocenters. The van der Waals surface area contributed by atoms with E-state index in [1.54, 1.807) is 54.6 Å². The Morgan fingerprint density at radius 1 is 1.33 bits per heavy atom. The van der Waals surface area contributed by atoms with Crippen molar-refractivity contribution in [3.63, 3.8) is 0 Å². The van der Waals surface area contributed by atoms with Gasteiger partial charge in [-0.15, -0.1) is 0 Å². The van der Waals surface area contributed by atoms with E-state index in [0.29, 0.717) is 10.7 Å². The second-order valence-electron chi connectivity index (χ2n) is 4.54. The van der Waals surface area contributed by atoms with E-state index in [-0.39, 0.29) is 24.9 Å². The smallest absolute Gasteiger partial charge is 0.243 e. The minimum atomic E-state index is -0.265. The molecule has 21 heavy (non-hydrogen) atoms. The first-order valence-electron chi connectivity index (χ1n) is 6.30. The largest absolute Gasteiger partial charge is 0.335 e. The van der Waals surface area contributed by atoms with E-state index in [0.717, 1.165) is 0 Å². The zero-order valence-electron chi connectivity index (χ0n) is 11.5. The van der Waals surface area contributed by atoms with E-state index in [1.165, 1.54) is 4.90 Å². The molecule has 0 atom stereocenters. The minimum Gasteiger partial charge on any atom is -0.335 e. The lowest BCUT2D eigenvalue weighted by molar-refractivity contribution is -0.133. The van der Waals surface area contributed by atoms with Crippen LogP contribution in [0.1, 0.15) is 0 Å². The fourth-order valence-corrected chi connectivity index (χ4v) is 1.82.